The second-order valence-corrected chi connectivity index (χ2v) is 7.18. The standard InChI is InChI=1S/C15H18ClNO2/c1-6-9-7-4-8-11(9)10(6)13(18)15(8,5-16)12(7)14(19)17(2)3/h7-12H,1,4-5H2,2-3H3/t7-,8+,9-,10-,11+,12+,15+/m0/s1. The normalized spacial score (nSPS) is 52.6. The van der Waals surface area contributed by atoms with Crippen molar-refractivity contribution in [2.75, 3.05) is 20.0 Å². The van der Waals surface area contributed by atoms with Crippen LogP contribution in [0.25, 0.3) is 0 Å². The second-order valence-electron chi connectivity index (χ2n) is 6.91. The van der Waals surface area contributed by atoms with Gasteiger partial charge in [0.05, 0.1) is 11.3 Å². The maximum absolute atomic E-state index is 12.8. The highest BCUT2D eigenvalue weighted by atomic mass is 35.5. The number of hydrogen-bond donors (Lipinski definition) is 0. The lowest BCUT2D eigenvalue weighted by atomic mass is 9.57. The topological polar surface area (TPSA) is 37.4 Å². The molecule has 0 N–H and O–H groups in total. The Labute approximate surface area is 118 Å². The number of carbonyl (C=O) groups is 2. The molecule has 4 aliphatic carbocycles. The summed E-state index contributed by atoms with van der Waals surface area (Å²) in [5.74, 6) is 1.91. The Morgan fingerprint density at radius 3 is 2.79 bits per heavy atom. The number of Topliss-reactive ketones (excluding diaryl/α,β-unsaturated/α-hetero) is 1. The molecule has 3 nitrogen and oxygen atoms in total. The number of allylic oxidation sites excluding steroid dienone is 1. The van der Waals surface area contributed by atoms with Gasteiger partial charge in [0.15, 0.2) is 0 Å². The van der Waals surface area contributed by atoms with Crippen molar-refractivity contribution in [2.24, 2.45) is 40.9 Å². The molecule has 102 valence electrons. The van der Waals surface area contributed by atoms with E-state index >= 15 is 0 Å². The molecule has 4 fully saturated rings. The Kier molecular flexibility index (Phi) is 2.04. The van der Waals surface area contributed by atoms with Crippen LogP contribution in [0.5, 0.6) is 0 Å². The lowest BCUT2D eigenvalue weighted by molar-refractivity contribution is -0.144. The Balaban J connectivity index is 1.88. The number of nitrogens with zero attached hydrogens (tertiary/aromatic N) is 1. The third-order valence-electron chi connectivity index (χ3n) is 6.39. The van der Waals surface area contributed by atoms with Gasteiger partial charge < -0.3 is 4.90 Å². The minimum absolute atomic E-state index is 0.0127. The molecule has 0 heterocycles. The molecule has 0 saturated heterocycles. The molecular weight excluding hydrogens is 262 g/mol. The monoisotopic (exact) mass is 279 g/mol. The highest BCUT2D eigenvalue weighted by Crippen LogP contribution is 2.79. The molecule has 1 amide bonds. The molecule has 0 aromatic rings. The van der Waals surface area contributed by atoms with E-state index in [1.807, 2.05) is 0 Å². The van der Waals surface area contributed by atoms with E-state index in [9.17, 15) is 9.59 Å². The Morgan fingerprint density at radius 2 is 2.21 bits per heavy atom. The van der Waals surface area contributed by atoms with E-state index in [-0.39, 0.29) is 23.5 Å². The fraction of sp³-hybridized carbons (Fsp3) is 0.733. The zero-order chi connectivity index (χ0) is 13.7. The first-order chi connectivity index (χ1) is 8.96. The van der Waals surface area contributed by atoms with E-state index < -0.39 is 5.41 Å². The molecule has 4 saturated carbocycles. The van der Waals surface area contributed by atoms with Crippen molar-refractivity contribution in [3.63, 3.8) is 0 Å². The van der Waals surface area contributed by atoms with Crippen molar-refractivity contribution in [1.82, 2.24) is 4.90 Å². The third kappa shape index (κ3) is 0.960. The lowest BCUT2D eigenvalue weighted by Gasteiger charge is -2.46. The van der Waals surface area contributed by atoms with E-state index in [1.165, 1.54) is 0 Å². The number of carbonyl (C=O) groups excluding carboxylic acids is 2. The predicted molar refractivity (Wildman–Crippen MR) is 71.6 cm³/mol. The quantitative estimate of drug-likeness (QED) is 0.568. The average Bonchev–Trinajstić information content (AvgIpc) is 2.87. The largest absolute Gasteiger partial charge is 0.349 e. The van der Waals surface area contributed by atoms with Crippen LogP contribution < -0.4 is 0 Å². The second kappa shape index (κ2) is 3.25. The molecule has 2 bridgehead atoms. The SMILES string of the molecule is C=C1[C@@H]2C(=O)[C@]3(CCl)[C@@H]4C[C@@H]([C@H]1[C@H]24)[C@@H]3C(=O)N(C)C. The van der Waals surface area contributed by atoms with Crippen LogP contribution in [0.3, 0.4) is 0 Å². The van der Waals surface area contributed by atoms with Gasteiger partial charge in [-0.2, -0.15) is 0 Å². The van der Waals surface area contributed by atoms with Crippen LogP contribution in [0.2, 0.25) is 0 Å². The minimum Gasteiger partial charge on any atom is -0.349 e. The number of halogens is 1. The molecule has 0 radical (unpaired) electrons. The molecule has 0 aliphatic heterocycles. The van der Waals surface area contributed by atoms with E-state index in [4.69, 9.17) is 11.6 Å². The molecule has 4 heteroatoms. The highest BCUT2D eigenvalue weighted by molar-refractivity contribution is 6.21. The van der Waals surface area contributed by atoms with Crippen molar-refractivity contribution in [1.29, 1.82) is 0 Å². The van der Waals surface area contributed by atoms with Crippen LogP contribution >= 0.6 is 11.6 Å². The molecule has 0 aromatic carbocycles. The van der Waals surface area contributed by atoms with Gasteiger partial charge in [-0.05, 0) is 30.1 Å². The van der Waals surface area contributed by atoms with Crippen molar-refractivity contribution < 1.29 is 9.59 Å². The molecule has 19 heavy (non-hydrogen) atoms. The Morgan fingerprint density at radius 1 is 1.53 bits per heavy atom. The molecular formula is C15H18ClNO2. The van der Waals surface area contributed by atoms with Crippen LogP contribution in [-0.4, -0.2) is 36.6 Å². The number of ketones is 1. The maximum Gasteiger partial charge on any atom is 0.226 e. The predicted octanol–water partition coefficient (Wildman–Crippen LogP) is 1.57. The van der Waals surface area contributed by atoms with Gasteiger partial charge in [0.25, 0.3) is 0 Å². The van der Waals surface area contributed by atoms with Crippen molar-refractivity contribution in [3.05, 3.63) is 12.2 Å². The molecule has 0 unspecified atom stereocenters. The number of amides is 1. The van der Waals surface area contributed by atoms with E-state index in [1.54, 1.807) is 19.0 Å². The molecule has 4 rings (SSSR count). The van der Waals surface area contributed by atoms with Crippen LogP contribution in [-0.2, 0) is 9.59 Å². The minimum atomic E-state index is -0.584. The number of hydrogen-bond acceptors (Lipinski definition) is 2. The molecule has 0 aromatic heterocycles. The van der Waals surface area contributed by atoms with Crippen molar-refractivity contribution in [2.45, 2.75) is 6.42 Å². The van der Waals surface area contributed by atoms with Crippen LogP contribution in [0.4, 0.5) is 0 Å². The van der Waals surface area contributed by atoms with E-state index in [2.05, 4.69) is 6.58 Å². The zero-order valence-electron chi connectivity index (χ0n) is 11.2. The molecule has 7 atom stereocenters. The summed E-state index contributed by atoms with van der Waals surface area (Å²) in [6.45, 7) is 4.12. The summed E-state index contributed by atoms with van der Waals surface area (Å²) in [5, 5.41) is 0. The first kappa shape index (κ1) is 12.0. The smallest absolute Gasteiger partial charge is 0.226 e. The number of rotatable bonds is 2. The van der Waals surface area contributed by atoms with Gasteiger partial charge in [0.1, 0.15) is 5.78 Å². The summed E-state index contributed by atoms with van der Waals surface area (Å²) in [4.78, 5) is 27.1. The van der Waals surface area contributed by atoms with Crippen LogP contribution in [0.15, 0.2) is 12.2 Å². The van der Waals surface area contributed by atoms with E-state index in [0.29, 0.717) is 29.6 Å². The Bertz CT molecular complexity index is 528. The third-order valence-corrected chi connectivity index (χ3v) is 6.84. The number of alkyl halides is 1. The molecule has 0 spiro atoms. The van der Waals surface area contributed by atoms with Gasteiger partial charge >= 0.3 is 0 Å². The van der Waals surface area contributed by atoms with Gasteiger partial charge in [-0.1, -0.05) is 12.2 Å². The van der Waals surface area contributed by atoms with Gasteiger partial charge in [-0.15, -0.1) is 11.6 Å². The van der Waals surface area contributed by atoms with Gasteiger partial charge in [0, 0.05) is 25.9 Å². The highest BCUT2D eigenvalue weighted by Gasteiger charge is 2.81. The summed E-state index contributed by atoms with van der Waals surface area (Å²) in [6.07, 6.45) is 0.994. The van der Waals surface area contributed by atoms with Gasteiger partial charge in [-0.25, -0.2) is 0 Å². The molecule has 4 aliphatic rings. The lowest BCUT2D eigenvalue weighted by Crippen LogP contribution is -2.50. The van der Waals surface area contributed by atoms with Crippen molar-refractivity contribution >= 4 is 23.3 Å². The van der Waals surface area contributed by atoms with Crippen LogP contribution in [0.1, 0.15) is 6.42 Å². The fourth-order valence-electron chi connectivity index (χ4n) is 5.84. The van der Waals surface area contributed by atoms with Crippen molar-refractivity contribution in [3.8, 4) is 0 Å². The summed E-state index contributed by atoms with van der Waals surface area (Å²) in [6, 6.07) is 0. The Hall–Kier alpha value is -0.830. The fourth-order valence-corrected chi connectivity index (χ4v) is 6.33. The summed E-state index contributed by atoms with van der Waals surface area (Å²) in [7, 11) is 3.54. The summed E-state index contributed by atoms with van der Waals surface area (Å²) < 4.78 is 0. The van der Waals surface area contributed by atoms with Gasteiger partial charge in [0.2, 0.25) is 5.91 Å². The average molecular weight is 280 g/mol. The zero-order valence-corrected chi connectivity index (χ0v) is 12.0. The van der Waals surface area contributed by atoms with Gasteiger partial charge in [-0.3, -0.25) is 9.59 Å². The summed E-state index contributed by atoms with van der Waals surface area (Å²) in [5.41, 5.74) is 0.502. The van der Waals surface area contributed by atoms with E-state index in [0.717, 1.165) is 12.0 Å². The first-order valence-corrected chi connectivity index (χ1v) is 7.50. The number of fused-ring (bicyclic) bond motifs is 2. The first-order valence-electron chi connectivity index (χ1n) is 6.97. The maximum atomic E-state index is 12.8. The summed E-state index contributed by atoms with van der Waals surface area (Å²) >= 11 is 6.23. The van der Waals surface area contributed by atoms with Crippen LogP contribution in [0, 0.1) is 40.9 Å².